The van der Waals surface area contributed by atoms with Crippen LogP contribution in [0.2, 0.25) is 0 Å². The maximum absolute atomic E-state index is 12.4. The Kier molecular flexibility index (Phi) is 4.28. The van der Waals surface area contributed by atoms with E-state index in [1.807, 2.05) is 13.8 Å². The molecule has 1 heterocycles. The van der Waals surface area contributed by atoms with Gasteiger partial charge in [-0.15, -0.1) is 5.10 Å². The molecule has 6 heteroatoms. The van der Waals surface area contributed by atoms with E-state index in [4.69, 9.17) is 0 Å². The lowest BCUT2D eigenvalue weighted by atomic mass is 9.81. The van der Waals surface area contributed by atoms with Crippen molar-refractivity contribution in [3.63, 3.8) is 0 Å². The minimum absolute atomic E-state index is 0.178. The fourth-order valence-corrected chi connectivity index (χ4v) is 2.45. The normalized spacial score (nSPS) is 17.9. The van der Waals surface area contributed by atoms with Crippen molar-refractivity contribution in [3.8, 4) is 6.07 Å². The Labute approximate surface area is 118 Å². The monoisotopic (exact) mass is 273 g/mol. The summed E-state index contributed by atoms with van der Waals surface area (Å²) in [5.74, 6) is -0.121. The molecule has 1 saturated carbocycles. The molecular formula is C14H19N5O. The molecule has 0 unspecified atom stereocenters. The average Bonchev–Trinajstić information content (AvgIpc) is 2.69. The smallest absolute Gasteiger partial charge is 0.249 e. The number of nitriles is 1. The first-order valence-corrected chi connectivity index (χ1v) is 6.98. The van der Waals surface area contributed by atoms with Crippen LogP contribution in [-0.2, 0) is 4.79 Å². The van der Waals surface area contributed by atoms with Gasteiger partial charge in [0.1, 0.15) is 5.41 Å². The van der Waals surface area contributed by atoms with E-state index in [0.29, 0.717) is 12.8 Å². The minimum Gasteiger partial charge on any atom is -0.292 e. The number of amides is 1. The number of aryl methyl sites for hydroxylation is 2. The van der Waals surface area contributed by atoms with Gasteiger partial charge in [-0.3, -0.25) is 10.1 Å². The van der Waals surface area contributed by atoms with Crippen molar-refractivity contribution in [2.24, 2.45) is 5.41 Å². The van der Waals surface area contributed by atoms with Crippen LogP contribution in [0.5, 0.6) is 0 Å². The fourth-order valence-electron chi connectivity index (χ4n) is 2.45. The number of aromatic nitrogens is 3. The van der Waals surface area contributed by atoms with Crippen LogP contribution in [0.25, 0.3) is 0 Å². The number of hydrogen-bond donors (Lipinski definition) is 1. The summed E-state index contributed by atoms with van der Waals surface area (Å²) in [5.41, 5.74) is 0.508. The predicted octanol–water partition coefficient (Wildman–Crippen LogP) is 2.29. The lowest BCUT2D eigenvalue weighted by molar-refractivity contribution is -0.123. The third kappa shape index (κ3) is 2.93. The number of nitrogens with zero attached hydrogens (tertiary/aromatic N) is 4. The van der Waals surface area contributed by atoms with E-state index in [9.17, 15) is 10.1 Å². The maximum Gasteiger partial charge on any atom is 0.249 e. The number of anilines is 1. The highest BCUT2D eigenvalue weighted by molar-refractivity contribution is 5.95. The quantitative estimate of drug-likeness (QED) is 0.835. The molecule has 0 bridgehead atoms. The second-order valence-corrected chi connectivity index (χ2v) is 5.37. The van der Waals surface area contributed by atoms with E-state index in [-0.39, 0.29) is 11.9 Å². The van der Waals surface area contributed by atoms with Gasteiger partial charge in [0, 0.05) is 0 Å². The van der Waals surface area contributed by atoms with E-state index >= 15 is 0 Å². The lowest BCUT2D eigenvalue weighted by Crippen LogP contribution is -2.35. The second kappa shape index (κ2) is 5.95. The van der Waals surface area contributed by atoms with Crippen molar-refractivity contribution < 1.29 is 4.79 Å². The molecule has 1 fully saturated rings. The van der Waals surface area contributed by atoms with Crippen molar-refractivity contribution in [1.82, 2.24) is 15.2 Å². The minimum atomic E-state index is -0.946. The molecule has 0 aliphatic heterocycles. The van der Waals surface area contributed by atoms with Crippen LogP contribution in [0.3, 0.4) is 0 Å². The summed E-state index contributed by atoms with van der Waals surface area (Å²) in [6.07, 6.45) is 5.19. The van der Waals surface area contributed by atoms with Crippen LogP contribution < -0.4 is 5.32 Å². The number of nitrogens with one attached hydrogen (secondary N) is 1. The van der Waals surface area contributed by atoms with Gasteiger partial charge in [0.15, 0.2) is 0 Å². The summed E-state index contributed by atoms with van der Waals surface area (Å²) < 4.78 is 0. The van der Waals surface area contributed by atoms with Crippen LogP contribution >= 0.6 is 0 Å². The van der Waals surface area contributed by atoms with Crippen molar-refractivity contribution in [2.45, 2.75) is 52.4 Å². The molecule has 6 nitrogen and oxygen atoms in total. The van der Waals surface area contributed by atoms with E-state index in [2.05, 4.69) is 26.6 Å². The number of carbonyl (C=O) groups is 1. The van der Waals surface area contributed by atoms with Crippen molar-refractivity contribution >= 4 is 11.9 Å². The Morgan fingerprint density at radius 3 is 2.35 bits per heavy atom. The highest BCUT2D eigenvalue weighted by Crippen LogP contribution is 2.35. The van der Waals surface area contributed by atoms with E-state index in [1.165, 1.54) is 0 Å². The lowest BCUT2D eigenvalue weighted by Gasteiger charge is -2.22. The molecule has 1 aliphatic carbocycles. The van der Waals surface area contributed by atoms with Gasteiger partial charge in [0.05, 0.1) is 17.5 Å². The van der Waals surface area contributed by atoms with Crippen molar-refractivity contribution in [3.05, 3.63) is 11.4 Å². The summed E-state index contributed by atoms with van der Waals surface area (Å²) in [7, 11) is 0. The summed E-state index contributed by atoms with van der Waals surface area (Å²) in [6.45, 7) is 3.62. The van der Waals surface area contributed by atoms with Gasteiger partial charge in [-0.1, -0.05) is 25.7 Å². The van der Waals surface area contributed by atoms with Crippen molar-refractivity contribution in [2.75, 3.05) is 5.32 Å². The summed E-state index contributed by atoms with van der Waals surface area (Å²) in [4.78, 5) is 16.6. The van der Waals surface area contributed by atoms with Crippen LogP contribution in [0.15, 0.2) is 0 Å². The molecule has 20 heavy (non-hydrogen) atoms. The first-order chi connectivity index (χ1) is 9.57. The Morgan fingerprint density at radius 2 is 1.80 bits per heavy atom. The van der Waals surface area contributed by atoms with Gasteiger partial charge in [-0.05, 0) is 26.7 Å². The summed E-state index contributed by atoms with van der Waals surface area (Å²) >= 11 is 0. The van der Waals surface area contributed by atoms with Crippen LogP contribution in [0, 0.1) is 30.6 Å². The van der Waals surface area contributed by atoms with Gasteiger partial charge in [0.25, 0.3) is 0 Å². The predicted molar refractivity (Wildman–Crippen MR) is 73.7 cm³/mol. The topological polar surface area (TPSA) is 91.6 Å². The van der Waals surface area contributed by atoms with Crippen LogP contribution in [-0.4, -0.2) is 21.1 Å². The Bertz CT molecular complexity index is 541. The first-order valence-electron chi connectivity index (χ1n) is 6.98. The second-order valence-electron chi connectivity index (χ2n) is 5.37. The average molecular weight is 273 g/mol. The first kappa shape index (κ1) is 14.4. The van der Waals surface area contributed by atoms with Gasteiger partial charge in [-0.25, -0.2) is 4.98 Å². The van der Waals surface area contributed by atoms with Crippen LogP contribution in [0.1, 0.15) is 49.9 Å². The number of hydrogen-bond acceptors (Lipinski definition) is 5. The summed E-state index contributed by atoms with van der Waals surface area (Å²) in [5, 5.41) is 19.9. The number of rotatable bonds is 2. The molecule has 1 N–H and O–H groups in total. The van der Waals surface area contributed by atoms with Crippen molar-refractivity contribution in [1.29, 1.82) is 5.26 Å². The molecule has 1 amide bonds. The zero-order valence-corrected chi connectivity index (χ0v) is 11.9. The Hall–Kier alpha value is -2.03. The number of carbonyl (C=O) groups excluding carboxylic acids is 1. The summed E-state index contributed by atoms with van der Waals surface area (Å²) in [6, 6.07) is 2.22. The molecule has 1 aliphatic rings. The fraction of sp³-hybridized carbons (Fsp3) is 0.643. The van der Waals surface area contributed by atoms with Gasteiger partial charge in [-0.2, -0.15) is 10.4 Å². The molecule has 0 spiro atoms. The molecule has 0 aromatic carbocycles. The molecular weight excluding hydrogens is 254 g/mol. The van der Waals surface area contributed by atoms with Crippen LogP contribution in [0.4, 0.5) is 5.95 Å². The molecule has 1 aromatic rings. The molecule has 1 aromatic heterocycles. The van der Waals surface area contributed by atoms with E-state index < -0.39 is 5.41 Å². The largest absolute Gasteiger partial charge is 0.292 e. The van der Waals surface area contributed by atoms with Gasteiger partial charge in [0.2, 0.25) is 11.9 Å². The third-order valence-corrected chi connectivity index (χ3v) is 3.92. The molecule has 0 radical (unpaired) electrons. The Morgan fingerprint density at radius 1 is 1.15 bits per heavy atom. The van der Waals surface area contributed by atoms with Gasteiger partial charge >= 0.3 is 0 Å². The SMILES string of the molecule is Cc1nnc(NC(=O)C2(C#N)CCCCCC2)nc1C. The molecule has 2 rings (SSSR count). The highest BCUT2D eigenvalue weighted by Gasteiger charge is 2.39. The molecule has 0 saturated heterocycles. The van der Waals surface area contributed by atoms with E-state index in [1.54, 1.807) is 0 Å². The Balaban J connectivity index is 2.16. The van der Waals surface area contributed by atoms with E-state index in [0.717, 1.165) is 37.1 Å². The molecule has 0 atom stereocenters. The van der Waals surface area contributed by atoms with Gasteiger partial charge < -0.3 is 0 Å². The highest BCUT2D eigenvalue weighted by atomic mass is 16.2. The third-order valence-electron chi connectivity index (χ3n) is 3.92. The zero-order chi connectivity index (χ0) is 14.6. The molecule has 106 valence electrons. The maximum atomic E-state index is 12.4. The standard InChI is InChI=1S/C14H19N5O/c1-10-11(2)18-19-13(16-10)17-12(20)14(9-15)7-5-3-4-6-8-14/h3-8H2,1-2H3,(H,16,17,19,20). The zero-order valence-electron chi connectivity index (χ0n) is 11.9.